The Hall–Kier alpha value is -1.62. The van der Waals surface area contributed by atoms with Crippen molar-refractivity contribution in [2.45, 2.75) is 0 Å². The quantitative estimate of drug-likeness (QED) is 0.651. The molecule has 0 unspecified atom stereocenters. The van der Waals surface area contributed by atoms with Crippen molar-refractivity contribution in [3.63, 3.8) is 0 Å². The second-order valence-electron chi connectivity index (χ2n) is 2.31. The molecule has 5 nitrogen and oxygen atoms in total. The number of rotatable bonds is 3. The number of carbonyl (C=O) groups is 1. The van der Waals surface area contributed by atoms with Crippen molar-refractivity contribution in [1.29, 1.82) is 0 Å². The Kier molecular flexibility index (Phi) is 3.22. The standard InChI is InChI=1S/C8H10N2O3/c1-13-5-10-8(12)7-6(11)3-2-4-9-7/h2-4,11H,5H2,1H3,(H,10,12). The Balaban J connectivity index is 2.71. The first-order chi connectivity index (χ1) is 6.25. The van der Waals surface area contributed by atoms with Gasteiger partial charge in [-0.15, -0.1) is 0 Å². The van der Waals surface area contributed by atoms with Gasteiger partial charge in [0.1, 0.15) is 12.5 Å². The van der Waals surface area contributed by atoms with Gasteiger partial charge in [0.05, 0.1) is 0 Å². The van der Waals surface area contributed by atoms with Crippen LogP contribution in [-0.4, -0.2) is 29.8 Å². The number of nitrogens with zero attached hydrogens (tertiary/aromatic N) is 1. The zero-order valence-electron chi connectivity index (χ0n) is 7.15. The SMILES string of the molecule is COCNC(=O)c1ncccc1O. The lowest BCUT2D eigenvalue weighted by Crippen LogP contribution is -2.26. The van der Waals surface area contributed by atoms with E-state index in [2.05, 4.69) is 15.0 Å². The number of pyridine rings is 1. The fourth-order valence-electron chi connectivity index (χ4n) is 0.793. The number of methoxy groups -OCH3 is 1. The average molecular weight is 182 g/mol. The summed E-state index contributed by atoms with van der Waals surface area (Å²) in [5.41, 5.74) is -0.000417. The van der Waals surface area contributed by atoms with Gasteiger partial charge in [-0.1, -0.05) is 0 Å². The zero-order valence-corrected chi connectivity index (χ0v) is 7.15. The molecule has 1 heterocycles. The lowest BCUT2D eigenvalue weighted by Gasteiger charge is -2.03. The van der Waals surface area contributed by atoms with Gasteiger partial charge in [0.25, 0.3) is 5.91 Å². The highest BCUT2D eigenvalue weighted by Crippen LogP contribution is 2.11. The molecule has 5 heteroatoms. The second kappa shape index (κ2) is 4.42. The molecule has 1 aromatic rings. The number of amides is 1. The molecule has 70 valence electrons. The van der Waals surface area contributed by atoms with Gasteiger partial charge >= 0.3 is 0 Å². The number of hydrogen-bond acceptors (Lipinski definition) is 4. The molecule has 1 aromatic heterocycles. The van der Waals surface area contributed by atoms with E-state index in [0.717, 1.165) is 0 Å². The summed E-state index contributed by atoms with van der Waals surface area (Å²) >= 11 is 0. The lowest BCUT2D eigenvalue weighted by molar-refractivity contribution is 0.0864. The summed E-state index contributed by atoms with van der Waals surface area (Å²) in [7, 11) is 1.46. The molecule has 0 aliphatic rings. The molecular weight excluding hydrogens is 172 g/mol. The summed E-state index contributed by atoms with van der Waals surface area (Å²) in [5, 5.41) is 11.6. The van der Waals surface area contributed by atoms with Gasteiger partial charge in [-0.2, -0.15) is 0 Å². The van der Waals surface area contributed by atoms with Crippen LogP contribution in [0.25, 0.3) is 0 Å². The molecule has 0 spiro atoms. The number of aromatic hydroxyl groups is 1. The molecule has 0 saturated carbocycles. The third-order valence-electron chi connectivity index (χ3n) is 1.38. The molecular formula is C8H10N2O3. The van der Waals surface area contributed by atoms with Gasteiger partial charge in [0, 0.05) is 13.3 Å². The number of nitrogens with one attached hydrogen (secondary N) is 1. The molecule has 0 aliphatic heterocycles. The summed E-state index contributed by atoms with van der Waals surface area (Å²) in [6, 6.07) is 2.94. The van der Waals surface area contributed by atoms with E-state index < -0.39 is 5.91 Å². The van der Waals surface area contributed by atoms with Crippen molar-refractivity contribution in [3.05, 3.63) is 24.0 Å². The molecule has 2 N–H and O–H groups in total. The highest BCUT2D eigenvalue weighted by atomic mass is 16.5. The predicted octanol–water partition coefficient (Wildman–Crippen LogP) is 0.121. The molecule has 0 fully saturated rings. The van der Waals surface area contributed by atoms with Gasteiger partial charge < -0.3 is 15.2 Å². The summed E-state index contributed by atoms with van der Waals surface area (Å²) in [4.78, 5) is 14.9. The molecule has 0 saturated heterocycles. The van der Waals surface area contributed by atoms with Crippen molar-refractivity contribution in [2.24, 2.45) is 0 Å². The number of aromatic nitrogens is 1. The zero-order chi connectivity index (χ0) is 9.68. The molecule has 13 heavy (non-hydrogen) atoms. The number of carbonyl (C=O) groups excluding carboxylic acids is 1. The van der Waals surface area contributed by atoms with Crippen LogP contribution in [0.4, 0.5) is 0 Å². The minimum absolute atomic E-state index is 0.000417. The van der Waals surface area contributed by atoms with Crippen LogP contribution >= 0.6 is 0 Å². The van der Waals surface area contributed by atoms with E-state index in [1.165, 1.54) is 19.4 Å². The highest BCUT2D eigenvalue weighted by molar-refractivity contribution is 5.94. The maximum Gasteiger partial charge on any atom is 0.275 e. The molecule has 1 amide bonds. The van der Waals surface area contributed by atoms with Crippen LogP contribution in [0.3, 0.4) is 0 Å². The van der Waals surface area contributed by atoms with E-state index in [4.69, 9.17) is 0 Å². The third-order valence-corrected chi connectivity index (χ3v) is 1.38. The summed E-state index contributed by atoms with van der Waals surface area (Å²) < 4.78 is 4.63. The normalized spacial score (nSPS) is 9.62. The Morgan fingerprint density at radius 2 is 2.54 bits per heavy atom. The van der Waals surface area contributed by atoms with E-state index in [1.54, 1.807) is 6.07 Å². The molecule has 0 aromatic carbocycles. The van der Waals surface area contributed by atoms with Gasteiger partial charge in [-0.25, -0.2) is 4.98 Å². The minimum atomic E-state index is -0.458. The summed E-state index contributed by atoms with van der Waals surface area (Å²) in [5.74, 6) is -0.601. The minimum Gasteiger partial charge on any atom is -0.505 e. The first-order valence-corrected chi connectivity index (χ1v) is 3.67. The van der Waals surface area contributed by atoms with E-state index in [9.17, 15) is 9.90 Å². The molecule has 0 bridgehead atoms. The Labute approximate surface area is 75.4 Å². The summed E-state index contributed by atoms with van der Waals surface area (Å²) in [6.45, 7) is 0.0921. The topological polar surface area (TPSA) is 71.5 Å². The van der Waals surface area contributed by atoms with E-state index in [1.807, 2.05) is 0 Å². The maximum atomic E-state index is 11.2. The molecule has 0 aliphatic carbocycles. The van der Waals surface area contributed by atoms with Gasteiger partial charge in [-0.05, 0) is 12.1 Å². The maximum absolute atomic E-state index is 11.2. The first kappa shape index (κ1) is 9.47. The second-order valence-corrected chi connectivity index (χ2v) is 2.31. The Morgan fingerprint density at radius 1 is 1.77 bits per heavy atom. The lowest BCUT2D eigenvalue weighted by atomic mass is 10.3. The number of ether oxygens (including phenoxy) is 1. The van der Waals surface area contributed by atoms with Crippen LogP contribution in [0.1, 0.15) is 10.5 Å². The van der Waals surface area contributed by atoms with Gasteiger partial charge in [0.2, 0.25) is 0 Å². The van der Waals surface area contributed by atoms with Gasteiger partial charge in [0.15, 0.2) is 5.69 Å². The first-order valence-electron chi connectivity index (χ1n) is 3.67. The monoisotopic (exact) mass is 182 g/mol. The average Bonchev–Trinajstić information content (AvgIpc) is 2.15. The summed E-state index contributed by atoms with van der Waals surface area (Å²) in [6.07, 6.45) is 1.43. The fraction of sp³-hybridized carbons (Fsp3) is 0.250. The van der Waals surface area contributed by atoms with Crippen molar-refractivity contribution >= 4 is 5.91 Å². The van der Waals surface area contributed by atoms with Crippen LogP contribution in [0.2, 0.25) is 0 Å². The molecule has 0 atom stereocenters. The van der Waals surface area contributed by atoms with Crippen LogP contribution in [0, 0.1) is 0 Å². The fourth-order valence-corrected chi connectivity index (χ4v) is 0.793. The largest absolute Gasteiger partial charge is 0.505 e. The van der Waals surface area contributed by atoms with Crippen LogP contribution in [0.5, 0.6) is 5.75 Å². The predicted molar refractivity (Wildman–Crippen MR) is 45.2 cm³/mol. The Bertz CT molecular complexity index is 301. The molecule has 1 rings (SSSR count). The Morgan fingerprint density at radius 3 is 3.15 bits per heavy atom. The highest BCUT2D eigenvalue weighted by Gasteiger charge is 2.10. The van der Waals surface area contributed by atoms with E-state index in [0.29, 0.717) is 0 Å². The van der Waals surface area contributed by atoms with Crippen molar-refractivity contribution < 1.29 is 14.6 Å². The van der Waals surface area contributed by atoms with Crippen LogP contribution in [-0.2, 0) is 4.74 Å². The van der Waals surface area contributed by atoms with Crippen LogP contribution < -0.4 is 5.32 Å². The van der Waals surface area contributed by atoms with Crippen molar-refractivity contribution in [3.8, 4) is 5.75 Å². The van der Waals surface area contributed by atoms with Crippen molar-refractivity contribution in [2.75, 3.05) is 13.8 Å². The third kappa shape index (κ3) is 2.41. The number of hydrogen-bond donors (Lipinski definition) is 2. The molecule has 0 radical (unpaired) electrons. The smallest absolute Gasteiger partial charge is 0.275 e. The van der Waals surface area contributed by atoms with Crippen LogP contribution in [0.15, 0.2) is 18.3 Å². The van der Waals surface area contributed by atoms with Gasteiger partial charge in [-0.3, -0.25) is 4.79 Å². The van der Waals surface area contributed by atoms with E-state index in [-0.39, 0.29) is 18.2 Å². The van der Waals surface area contributed by atoms with E-state index >= 15 is 0 Å². The van der Waals surface area contributed by atoms with Crippen molar-refractivity contribution in [1.82, 2.24) is 10.3 Å².